The van der Waals surface area contributed by atoms with E-state index in [1.54, 1.807) is 10.9 Å². The van der Waals surface area contributed by atoms with E-state index < -0.39 is 17.8 Å². The van der Waals surface area contributed by atoms with Crippen LogP contribution in [0.15, 0.2) is 47.2 Å². The number of anilines is 1. The van der Waals surface area contributed by atoms with Gasteiger partial charge in [-0.25, -0.2) is 0 Å². The summed E-state index contributed by atoms with van der Waals surface area (Å²) in [5, 5.41) is 10.2. The Balaban J connectivity index is 1.69. The van der Waals surface area contributed by atoms with Crippen molar-refractivity contribution in [3.63, 3.8) is 0 Å². The normalized spacial score (nSPS) is 11.6. The molecule has 0 radical (unpaired) electrons. The van der Waals surface area contributed by atoms with Crippen molar-refractivity contribution in [2.24, 2.45) is 7.05 Å². The van der Waals surface area contributed by atoms with Crippen LogP contribution in [0, 0.1) is 0 Å². The molecule has 10 heteroatoms. The number of rotatable bonds is 4. The van der Waals surface area contributed by atoms with Gasteiger partial charge in [0.25, 0.3) is 5.91 Å². The Morgan fingerprint density at radius 3 is 2.58 bits per heavy atom. The highest BCUT2D eigenvalue weighted by Crippen LogP contribution is 2.29. The summed E-state index contributed by atoms with van der Waals surface area (Å²) in [4.78, 5) is 12.1. The summed E-state index contributed by atoms with van der Waals surface area (Å²) >= 11 is 3.36. The molecule has 1 N–H and O–H groups in total. The maximum absolute atomic E-state index is 12.8. The molecule has 0 fully saturated rings. The molecule has 1 aromatic carbocycles. The van der Waals surface area contributed by atoms with Gasteiger partial charge in [0.05, 0.1) is 18.4 Å². The van der Waals surface area contributed by atoms with Crippen molar-refractivity contribution >= 4 is 27.5 Å². The number of carbonyl (C=O) groups excluding carboxylic acids is 1. The Morgan fingerprint density at radius 2 is 1.96 bits per heavy atom. The monoisotopic (exact) mass is 427 g/mol. The summed E-state index contributed by atoms with van der Waals surface area (Å²) in [6, 6.07) is 8.37. The summed E-state index contributed by atoms with van der Waals surface area (Å²) in [6.07, 6.45) is -1.56. The number of nitrogens with zero attached hydrogens (tertiary/aromatic N) is 4. The van der Waals surface area contributed by atoms with E-state index in [2.05, 4.69) is 31.4 Å². The highest BCUT2D eigenvalue weighted by atomic mass is 79.9. The van der Waals surface area contributed by atoms with E-state index >= 15 is 0 Å². The average molecular weight is 428 g/mol. The molecule has 0 spiro atoms. The van der Waals surface area contributed by atoms with Gasteiger partial charge in [0.15, 0.2) is 5.69 Å². The Kier molecular flexibility index (Phi) is 4.86. The lowest BCUT2D eigenvalue weighted by Crippen LogP contribution is -2.12. The zero-order valence-corrected chi connectivity index (χ0v) is 15.0. The molecule has 0 saturated heterocycles. The average Bonchev–Trinajstić information content (AvgIpc) is 3.16. The smallest absolute Gasteiger partial charge is 0.318 e. The van der Waals surface area contributed by atoms with Crippen LogP contribution in [0.1, 0.15) is 21.7 Å². The molecule has 1 amide bonds. The third-order valence-corrected chi connectivity index (χ3v) is 4.08. The van der Waals surface area contributed by atoms with Gasteiger partial charge in [-0.15, -0.1) is 0 Å². The first-order valence-electron chi connectivity index (χ1n) is 7.42. The molecule has 0 aliphatic heterocycles. The molecule has 0 aliphatic rings. The van der Waals surface area contributed by atoms with Gasteiger partial charge in [-0.3, -0.25) is 14.2 Å². The minimum absolute atomic E-state index is 0.319. The molecule has 2 heterocycles. The molecule has 3 aromatic rings. The number of aryl methyl sites for hydroxylation is 1. The van der Waals surface area contributed by atoms with Crippen LogP contribution in [-0.4, -0.2) is 25.5 Å². The summed E-state index contributed by atoms with van der Waals surface area (Å²) in [5.41, 5.74) is 0.0640. The molecule has 26 heavy (non-hydrogen) atoms. The van der Waals surface area contributed by atoms with Crippen molar-refractivity contribution in [1.29, 1.82) is 0 Å². The fourth-order valence-corrected chi connectivity index (χ4v) is 2.59. The van der Waals surface area contributed by atoms with E-state index in [1.807, 2.05) is 24.3 Å². The third-order valence-electron chi connectivity index (χ3n) is 3.55. The first kappa shape index (κ1) is 18.2. The van der Waals surface area contributed by atoms with Gasteiger partial charge >= 0.3 is 6.18 Å². The van der Waals surface area contributed by atoms with Crippen LogP contribution in [-0.2, 0) is 19.8 Å². The Labute approximate surface area is 154 Å². The zero-order chi connectivity index (χ0) is 18.9. The molecule has 6 nitrogen and oxygen atoms in total. The second-order valence-corrected chi connectivity index (χ2v) is 6.46. The number of hydrogen-bond donors (Lipinski definition) is 1. The van der Waals surface area contributed by atoms with Gasteiger partial charge in [0, 0.05) is 23.8 Å². The predicted octanol–water partition coefficient (Wildman–Crippen LogP) is 3.70. The standard InChI is InChI=1S/C16H13BrF3N5O/c1-24-14(16(18,19)20)6-13(23-24)15(26)22-12-7-21-25(9-12)8-10-2-4-11(17)5-3-10/h2-7,9H,8H2,1H3,(H,22,26). The highest BCUT2D eigenvalue weighted by Gasteiger charge is 2.35. The quantitative estimate of drug-likeness (QED) is 0.690. The molecule has 0 bridgehead atoms. The highest BCUT2D eigenvalue weighted by molar-refractivity contribution is 9.10. The predicted molar refractivity (Wildman–Crippen MR) is 91.6 cm³/mol. The number of carbonyl (C=O) groups is 1. The van der Waals surface area contributed by atoms with Crippen molar-refractivity contribution < 1.29 is 18.0 Å². The van der Waals surface area contributed by atoms with Crippen molar-refractivity contribution in [3.8, 4) is 0 Å². The number of halogens is 4. The zero-order valence-electron chi connectivity index (χ0n) is 13.5. The lowest BCUT2D eigenvalue weighted by molar-refractivity contribution is -0.143. The first-order valence-corrected chi connectivity index (χ1v) is 8.21. The topological polar surface area (TPSA) is 64.7 Å². The number of nitrogens with one attached hydrogen (secondary N) is 1. The van der Waals surface area contributed by atoms with Gasteiger partial charge < -0.3 is 5.32 Å². The molecule has 0 aliphatic carbocycles. The van der Waals surface area contributed by atoms with Crippen molar-refractivity contribution in [2.75, 3.05) is 5.32 Å². The van der Waals surface area contributed by atoms with Crippen LogP contribution < -0.4 is 5.32 Å². The fraction of sp³-hybridized carbons (Fsp3) is 0.188. The van der Waals surface area contributed by atoms with Crippen molar-refractivity contribution in [2.45, 2.75) is 12.7 Å². The molecule has 0 atom stereocenters. The molecule has 136 valence electrons. The first-order chi connectivity index (χ1) is 12.2. The number of alkyl halides is 3. The van der Waals surface area contributed by atoms with Gasteiger partial charge in [-0.05, 0) is 17.7 Å². The Morgan fingerprint density at radius 1 is 1.27 bits per heavy atom. The van der Waals surface area contributed by atoms with E-state index in [1.165, 1.54) is 6.20 Å². The van der Waals surface area contributed by atoms with Gasteiger partial charge in [-0.2, -0.15) is 23.4 Å². The van der Waals surface area contributed by atoms with E-state index in [0.29, 0.717) is 23.0 Å². The maximum atomic E-state index is 12.8. The summed E-state index contributed by atoms with van der Waals surface area (Å²) in [7, 11) is 1.13. The molecule has 0 saturated carbocycles. The van der Waals surface area contributed by atoms with E-state index in [0.717, 1.165) is 17.1 Å². The summed E-state index contributed by atoms with van der Waals surface area (Å²) in [5.74, 6) is -0.737. The van der Waals surface area contributed by atoms with Crippen LogP contribution in [0.3, 0.4) is 0 Å². The van der Waals surface area contributed by atoms with Crippen LogP contribution in [0.4, 0.5) is 18.9 Å². The van der Waals surface area contributed by atoms with Crippen LogP contribution >= 0.6 is 15.9 Å². The van der Waals surface area contributed by atoms with Gasteiger partial charge in [0.1, 0.15) is 5.69 Å². The van der Waals surface area contributed by atoms with E-state index in [4.69, 9.17) is 0 Å². The molecular formula is C16H13BrF3N5O. The van der Waals surface area contributed by atoms with Crippen molar-refractivity contribution in [3.05, 3.63) is 64.1 Å². The minimum Gasteiger partial charge on any atom is -0.318 e. The summed E-state index contributed by atoms with van der Waals surface area (Å²) in [6.45, 7) is 0.491. The number of hydrogen-bond acceptors (Lipinski definition) is 3. The Bertz CT molecular complexity index is 930. The fourth-order valence-electron chi connectivity index (χ4n) is 2.33. The largest absolute Gasteiger partial charge is 0.433 e. The van der Waals surface area contributed by atoms with E-state index in [-0.39, 0.29) is 5.69 Å². The van der Waals surface area contributed by atoms with E-state index in [9.17, 15) is 18.0 Å². The van der Waals surface area contributed by atoms with Gasteiger partial charge in [-0.1, -0.05) is 28.1 Å². The maximum Gasteiger partial charge on any atom is 0.433 e. The lowest BCUT2D eigenvalue weighted by Gasteiger charge is -2.04. The van der Waals surface area contributed by atoms with Crippen LogP contribution in [0.5, 0.6) is 0 Å². The SMILES string of the molecule is Cn1nc(C(=O)Nc2cnn(Cc3ccc(Br)cc3)c2)cc1C(F)(F)F. The van der Waals surface area contributed by atoms with Gasteiger partial charge in [0.2, 0.25) is 0 Å². The second kappa shape index (κ2) is 6.94. The van der Waals surface area contributed by atoms with Crippen molar-refractivity contribution in [1.82, 2.24) is 19.6 Å². The molecule has 3 rings (SSSR count). The molecule has 0 unspecified atom stereocenters. The number of amides is 1. The lowest BCUT2D eigenvalue weighted by atomic mass is 10.2. The number of benzene rings is 1. The Hall–Kier alpha value is -2.62. The molecular weight excluding hydrogens is 415 g/mol. The minimum atomic E-state index is -4.57. The summed E-state index contributed by atoms with van der Waals surface area (Å²) < 4.78 is 41.5. The molecule has 2 aromatic heterocycles. The van der Waals surface area contributed by atoms with Crippen LogP contribution in [0.2, 0.25) is 0 Å². The van der Waals surface area contributed by atoms with Crippen LogP contribution in [0.25, 0.3) is 0 Å². The third kappa shape index (κ3) is 4.13. The second-order valence-electron chi connectivity index (χ2n) is 5.54. The number of aromatic nitrogens is 4.